The second-order valence-electron chi connectivity index (χ2n) is 6.86. The predicted octanol–water partition coefficient (Wildman–Crippen LogP) is 2.35. The average molecular weight is 302 g/mol. The van der Waals surface area contributed by atoms with Crippen molar-refractivity contribution >= 4 is 10.0 Å². The minimum atomic E-state index is -3.03. The van der Waals surface area contributed by atoms with E-state index in [2.05, 4.69) is 0 Å². The smallest absolute Gasteiger partial charge is 0.211 e. The van der Waals surface area contributed by atoms with Crippen LogP contribution in [0.1, 0.15) is 57.8 Å². The third kappa shape index (κ3) is 5.01. The molecule has 0 spiro atoms. The summed E-state index contributed by atoms with van der Waals surface area (Å²) < 4.78 is 24.9. The standard InChI is InChI=1S/C15H30N2O2S/c1-20(18,19)17-9-5-8-14(12-17)11-15(16)10-13-6-3-2-4-7-13/h13-15H,2-12,16H2,1H3. The maximum atomic E-state index is 11.6. The minimum Gasteiger partial charge on any atom is -0.328 e. The van der Waals surface area contributed by atoms with Crippen LogP contribution in [-0.4, -0.2) is 38.1 Å². The van der Waals surface area contributed by atoms with Gasteiger partial charge in [0, 0.05) is 19.1 Å². The van der Waals surface area contributed by atoms with Gasteiger partial charge in [0.05, 0.1) is 6.26 Å². The molecule has 0 aromatic carbocycles. The van der Waals surface area contributed by atoms with Gasteiger partial charge in [-0.2, -0.15) is 0 Å². The lowest BCUT2D eigenvalue weighted by atomic mass is 9.82. The van der Waals surface area contributed by atoms with Crippen LogP contribution in [0, 0.1) is 11.8 Å². The quantitative estimate of drug-likeness (QED) is 0.848. The molecule has 1 heterocycles. The largest absolute Gasteiger partial charge is 0.328 e. The van der Waals surface area contributed by atoms with E-state index in [1.807, 2.05) is 0 Å². The Morgan fingerprint density at radius 3 is 2.30 bits per heavy atom. The van der Waals surface area contributed by atoms with Crippen molar-refractivity contribution in [1.29, 1.82) is 0 Å². The molecule has 0 radical (unpaired) electrons. The highest BCUT2D eigenvalue weighted by atomic mass is 32.2. The lowest BCUT2D eigenvalue weighted by Crippen LogP contribution is -2.41. The van der Waals surface area contributed by atoms with E-state index >= 15 is 0 Å². The summed E-state index contributed by atoms with van der Waals surface area (Å²) in [5.74, 6) is 1.27. The second kappa shape index (κ2) is 7.23. The summed E-state index contributed by atoms with van der Waals surface area (Å²) in [5.41, 5.74) is 6.32. The highest BCUT2D eigenvalue weighted by Crippen LogP contribution is 2.29. The zero-order chi connectivity index (χ0) is 14.6. The first-order valence-corrected chi connectivity index (χ1v) is 10.0. The molecule has 2 atom stereocenters. The highest BCUT2D eigenvalue weighted by Gasteiger charge is 2.27. The van der Waals surface area contributed by atoms with Crippen molar-refractivity contribution in [3.8, 4) is 0 Å². The summed E-state index contributed by atoms with van der Waals surface area (Å²) in [6.07, 6.45) is 12.3. The number of sulfonamides is 1. The molecule has 2 rings (SSSR count). The molecule has 1 aliphatic heterocycles. The van der Waals surface area contributed by atoms with Crippen LogP contribution in [0.2, 0.25) is 0 Å². The molecule has 118 valence electrons. The molecule has 0 aromatic rings. The summed E-state index contributed by atoms with van der Waals surface area (Å²) in [7, 11) is -3.03. The van der Waals surface area contributed by atoms with Crippen molar-refractivity contribution in [1.82, 2.24) is 4.31 Å². The Hall–Kier alpha value is -0.130. The first kappa shape index (κ1) is 16.2. The fourth-order valence-corrected chi connectivity index (χ4v) is 4.84. The van der Waals surface area contributed by atoms with Crippen LogP contribution in [0.5, 0.6) is 0 Å². The van der Waals surface area contributed by atoms with Crippen molar-refractivity contribution in [2.75, 3.05) is 19.3 Å². The Morgan fingerprint density at radius 1 is 1.05 bits per heavy atom. The van der Waals surface area contributed by atoms with Gasteiger partial charge in [-0.15, -0.1) is 0 Å². The van der Waals surface area contributed by atoms with Gasteiger partial charge in [-0.1, -0.05) is 32.1 Å². The molecular weight excluding hydrogens is 272 g/mol. The van der Waals surface area contributed by atoms with Gasteiger partial charge < -0.3 is 5.73 Å². The van der Waals surface area contributed by atoms with Crippen LogP contribution in [0.15, 0.2) is 0 Å². The second-order valence-corrected chi connectivity index (χ2v) is 8.85. The first-order valence-electron chi connectivity index (χ1n) is 8.16. The topological polar surface area (TPSA) is 63.4 Å². The molecule has 2 aliphatic rings. The fourth-order valence-electron chi connectivity index (χ4n) is 3.90. The summed E-state index contributed by atoms with van der Waals surface area (Å²) in [6.45, 7) is 1.37. The van der Waals surface area contributed by atoms with Crippen LogP contribution in [-0.2, 0) is 10.0 Å². The maximum Gasteiger partial charge on any atom is 0.211 e. The zero-order valence-electron chi connectivity index (χ0n) is 12.8. The molecule has 1 saturated heterocycles. The van der Waals surface area contributed by atoms with Crippen molar-refractivity contribution < 1.29 is 8.42 Å². The van der Waals surface area contributed by atoms with Crippen LogP contribution < -0.4 is 5.73 Å². The lowest BCUT2D eigenvalue weighted by Gasteiger charge is -2.33. The summed E-state index contributed by atoms with van der Waals surface area (Å²) >= 11 is 0. The van der Waals surface area contributed by atoms with E-state index in [-0.39, 0.29) is 6.04 Å². The normalized spacial score (nSPS) is 28.4. The Balaban J connectivity index is 1.77. The fraction of sp³-hybridized carbons (Fsp3) is 1.00. The van der Waals surface area contributed by atoms with Gasteiger partial charge in [0.1, 0.15) is 0 Å². The number of nitrogens with zero attached hydrogens (tertiary/aromatic N) is 1. The number of hydrogen-bond donors (Lipinski definition) is 1. The van der Waals surface area contributed by atoms with Crippen molar-refractivity contribution in [3.63, 3.8) is 0 Å². The molecule has 5 heteroatoms. The van der Waals surface area contributed by atoms with Gasteiger partial charge in [-0.05, 0) is 37.5 Å². The molecule has 0 aromatic heterocycles. The van der Waals surface area contributed by atoms with Crippen molar-refractivity contribution in [2.24, 2.45) is 17.6 Å². The monoisotopic (exact) mass is 302 g/mol. The Bertz CT molecular complexity index is 391. The Kier molecular flexibility index (Phi) is 5.87. The van der Waals surface area contributed by atoms with Crippen LogP contribution in [0.4, 0.5) is 0 Å². The molecule has 2 unspecified atom stereocenters. The van der Waals surface area contributed by atoms with E-state index in [4.69, 9.17) is 5.73 Å². The highest BCUT2D eigenvalue weighted by molar-refractivity contribution is 7.88. The van der Waals surface area contributed by atoms with Gasteiger partial charge in [-0.25, -0.2) is 12.7 Å². The number of nitrogens with two attached hydrogens (primary N) is 1. The molecular formula is C15H30N2O2S. The molecule has 20 heavy (non-hydrogen) atoms. The van der Waals surface area contributed by atoms with Gasteiger partial charge >= 0.3 is 0 Å². The van der Waals surface area contributed by atoms with E-state index in [9.17, 15) is 8.42 Å². The van der Waals surface area contributed by atoms with Crippen LogP contribution in [0.3, 0.4) is 0 Å². The van der Waals surface area contributed by atoms with E-state index in [1.54, 1.807) is 4.31 Å². The molecule has 4 nitrogen and oxygen atoms in total. The minimum absolute atomic E-state index is 0.252. The summed E-state index contributed by atoms with van der Waals surface area (Å²) in [4.78, 5) is 0. The molecule has 1 aliphatic carbocycles. The predicted molar refractivity (Wildman–Crippen MR) is 82.9 cm³/mol. The van der Waals surface area contributed by atoms with E-state index in [0.717, 1.165) is 31.6 Å². The van der Waals surface area contributed by atoms with Gasteiger partial charge in [-0.3, -0.25) is 0 Å². The number of piperidine rings is 1. The average Bonchev–Trinajstić information content (AvgIpc) is 2.39. The Morgan fingerprint density at radius 2 is 1.65 bits per heavy atom. The van der Waals surface area contributed by atoms with Crippen molar-refractivity contribution in [3.05, 3.63) is 0 Å². The van der Waals surface area contributed by atoms with E-state index in [1.165, 1.54) is 38.4 Å². The summed E-state index contributed by atoms with van der Waals surface area (Å²) in [6, 6.07) is 0.252. The third-order valence-corrected chi connectivity index (χ3v) is 6.22. The molecule has 0 bridgehead atoms. The van der Waals surface area contributed by atoms with Crippen molar-refractivity contribution in [2.45, 2.75) is 63.8 Å². The van der Waals surface area contributed by atoms with Crippen LogP contribution >= 0.6 is 0 Å². The van der Waals surface area contributed by atoms with Gasteiger partial charge in [0.15, 0.2) is 0 Å². The maximum absolute atomic E-state index is 11.6. The molecule has 2 fully saturated rings. The van der Waals surface area contributed by atoms with Gasteiger partial charge in [0.25, 0.3) is 0 Å². The van der Waals surface area contributed by atoms with Crippen LogP contribution in [0.25, 0.3) is 0 Å². The lowest BCUT2D eigenvalue weighted by molar-refractivity contribution is 0.230. The molecule has 2 N–H and O–H groups in total. The number of hydrogen-bond acceptors (Lipinski definition) is 3. The molecule has 1 saturated carbocycles. The zero-order valence-corrected chi connectivity index (χ0v) is 13.6. The third-order valence-electron chi connectivity index (χ3n) is 4.95. The van der Waals surface area contributed by atoms with E-state index in [0.29, 0.717) is 19.0 Å². The number of rotatable bonds is 5. The first-order chi connectivity index (χ1) is 9.45. The molecule has 0 amide bonds. The SMILES string of the molecule is CS(=O)(=O)N1CCCC(CC(N)CC2CCCCC2)C1. The summed E-state index contributed by atoms with van der Waals surface area (Å²) in [5, 5.41) is 0. The van der Waals surface area contributed by atoms with E-state index < -0.39 is 10.0 Å². The van der Waals surface area contributed by atoms with Gasteiger partial charge in [0.2, 0.25) is 10.0 Å². The Labute approximate surface area is 124 Å².